The average molecular weight is 223 g/mol. The maximum Gasteiger partial charge on any atom is 0.141 e. The van der Waals surface area contributed by atoms with Crippen molar-refractivity contribution in [3.05, 3.63) is 29.8 Å². The van der Waals surface area contributed by atoms with Crippen molar-refractivity contribution in [1.29, 1.82) is 0 Å². The summed E-state index contributed by atoms with van der Waals surface area (Å²) in [5.41, 5.74) is 0.898. The van der Waals surface area contributed by atoms with Gasteiger partial charge in [-0.2, -0.15) is 0 Å². The Morgan fingerprint density at radius 2 is 2.19 bits per heavy atom. The van der Waals surface area contributed by atoms with Crippen molar-refractivity contribution in [3.63, 3.8) is 0 Å². The van der Waals surface area contributed by atoms with E-state index in [0.717, 1.165) is 18.7 Å². The van der Waals surface area contributed by atoms with Crippen LogP contribution in [0.15, 0.2) is 18.3 Å². The molecule has 3 nitrogen and oxygen atoms in total. The summed E-state index contributed by atoms with van der Waals surface area (Å²) in [5.74, 6) is -0.278. The molecule has 0 radical (unpaired) electrons. The van der Waals surface area contributed by atoms with Crippen LogP contribution in [0.4, 0.5) is 4.39 Å². The Hall–Kier alpha value is -1.00. The van der Waals surface area contributed by atoms with E-state index in [-0.39, 0.29) is 5.82 Å². The molecule has 0 saturated heterocycles. The standard InChI is InChI=1S/C12H18FN3/c1-14-10-4-5-11(6-10)16-8-12-3-2-9(13)7-15-12/h2-3,7,10-11,14,16H,4-6,8H2,1H3/t10-,11+/m1/s1. The Labute approximate surface area is 95.5 Å². The van der Waals surface area contributed by atoms with Crippen molar-refractivity contribution < 1.29 is 4.39 Å². The minimum absolute atomic E-state index is 0.278. The minimum Gasteiger partial charge on any atom is -0.317 e. The molecule has 1 saturated carbocycles. The summed E-state index contributed by atoms with van der Waals surface area (Å²) in [5, 5.41) is 6.75. The van der Waals surface area contributed by atoms with Crippen LogP contribution >= 0.6 is 0 Å². The van der Waals surface area contributed by atoms with Crippen molar-refractivity contribution >= 4 is 0 Å². The maximum atomic E-state index is 12.6. The topological polar surface area (TPSA) is 37.0 Å². The van der Waals surface area contributed by atoms with Gasteiger partial charge in [-0.3, -0.25) is 4.98 Å². The summed E-state index contributed by atoms with van der Waals surface area (Å²) >= 11 is 0. The molecule has 1 aromatic rings. The lowest BCUT2D eigenvalue weighted by atomic mass is 10.2. The van der Waals surface area contributed by atoms with Crippen LogP contribution < -0.4 is 10.6 Å². The lowest BCUT2D eigenvalue weighted by Crippen LogP contribution is -2.29. The Morgan fingerprint density at radius 1 is 1.38 bits per heavy atom. The van der Waals surface area contributed by atoms with Crippen LogP contribution in [0.25, 0.3) is 0 Å². The number of nitrogens with one attached hydrogen (secondary N) is 2. The first-order valence-electron chi connectivity index (χ1n) is 5.79. The number of hydrogen-bond acceptors (Lipinski definition) is 3. The fourth-order valence-corrected chi connectivity index (χ4v) is 2.19. The van der Waals surface area contributed by atoms with Crippen molar-refractivity contribution in [3.8, 4) is 0 Å². The molecule has 0 bridgehead atoms. The Bertz CT molecular complexity index is 326. The highest BCUT2D eigenvalue weighted by molar-refractivity contribution is 5.05. The first-order valence-corrected chi connectivity index (χ1v) is 5.79. The zero-order valence-corrected chi connectivity index (χ0v) is 9.54. The van der Waals surface area contributed by atoms with Gasteiger partial charge in [-0.25, -0.2) is 4.39 Å². The zero-order chi connectivity index (χ0) is 11.4. The third-order valence-corrected chi connectivity index (χ3v) is 3.20. The number of hydrogen-bond donors (Lipinski definition) is 2. The summed E-state index contributed by atoms with van der Waals surface area (Å²) in [6.07, 6.45) is 4.86. The van der Waals surface area contributed by atoms with E-state index >= 15 is 0 Å². The smallest absolute Gasteiger partial charge is 0.141 e. The van der Waals surface area contributed by atoms with Gasteiger partial charge in [-0.05, 0) is 38.4 Å². The van der Waals surface area contributed by atoms with E-state index in [9.17, 15) is 4.39 Å². The van der Waals surface area contributed by atoms with Gasteiger partial charge in [0.1, 0.15) is 5.82 Å². The van der Waals surface area contributed by atoms with Gasteiger partial charge >= 0.3 is 0 Å². The molecule has 2 N–H and O–H groups in total. The predicted octanol–water partition coefficient (Wildman–Crippen LogP) is 1.45. The monoisotopic (exact) mass is 223 g/mol. The van der Waals surface area contributed by atoms with Crippen LogP contribution in [0.1, 0.15) is 25.0 Å². The van der Waals surface area contributed by atoms with E-state index in [1.807, 2.05) is 7.05 Å². The number of rotatable bonds is 4. The third kappa shape index (κ3) is 3.00. The summed E-state index contributed by atoms with van der Waals surface area (Å²) in [7, 11) is 2.01. The quantitative estimate of drug-likeness (QED) is 0.811. The fraction of sp³-hybridized carbons (Fsp3) is 0.583. The van der Waals surface area contributed by atoms with Gasteiger partial charge in [0, 0.05) is 18.6 Å². The van der Waals surface area contributed by atoms with Gasteiger partial charge in [0.2, 0.25) is 0 Å². The normalized spacial score (nSPS) is 24.9. The molecule has 1 heterocycles. The summed E-state index contributed by atoms with van der Waals surface area (Å²) in [4.78, 5) is 4.03. The van der Waals surface area contributed by atoms with E-state index < -0.39 is 0 Å². The minimum atomic E-state index is -0.278. The molecule has 0 amide bonds. The van der Waals surface area contributed by atoms with Crippen LogP contribution in [-0.4, -0.2) is 24.1 Å². The zero-order valence-electron chi connectivity index (χ0n) is 9.54. The molecule has 2 atom stereocenters. The van der Waals surface area contributed by atoms with Gasteiger partial charge in [0.05, 0.1) is 11.9 Å². The first-order chi connectivity index (χ1) is 7.78. The molecule has 4 heteroatoms. The molecular formula is C12H18FN3. The molecule has 1 fully saturated rings. The molecule has 88 valence electrons. The Kier molecular flexibility index (Phi) is 3.85. The molecule has 16 heavy (non-hydrogen) atoms. The molecule has 1 aliphatic rings. The summed E-state index contributed by atoms with van der Waals surface area (Å²) in [6.45, 7) is 0.724. The highest BCUT2D eigenvalue weighted by Gasteiger charge is 2.22. The molecule has 0 unspecified atom stereocenters. The number of aromatic nitrogens is 1. The van der Waals surface area contributed by atoms with Gasteiger partial charge in [0.25, 0.3) is 0 Å². The molecule has 0 spiro atoms. The van der Waals surface area contributed by atoms with Crippen LogP contribution in [0.3, 0.4) is 0 Å². The van der Waals surface area contributed by atoms with Crippen molar-refractivity contribution in [2.24, 2.45) is 0 Å². The first kappa shape index (κ1) is 11.5. The highest BCUT2D eigenvalue weighted by Crippen LogP contribution is 2.18. The van der Waals surface area contributed by atoms with Crippen molar-refractivity contribution in [1.82, 2.24) is 15.6 Å². The molecule has 0 aliphatic heterocycles. The Balaban J connectivity index is 1.77. The fourth-order valence-electron chi connectivity index (χ4n) is 2.19. The summed E-state index contributed by atoms with van der Waals surface area (Å²) in [6, 6.07) is 4.38. The highest BCUT2D eigenvalue weighted by atomic mass is 19.1. The SMILES string of the molecule is CN[C@@H]1CC[C@H](NCc2ccc(F)cn2)C1. The molecule has 0 aromatic carbocycles. The van der Waals surface area contributed by atoms with Gasteiger partial charge < -0.3 is 10.6 Å². The molecular weight excluding hydrogens is 205 g/mol. The van der Waals surface area contributed by atoms with Gasteiger partial charge in [0.15, 0.2) is 0 Å². The number of nitrogens with zero attached hydrogens (tertiary/aromatic N) is 1. The third-order valence-electron chi connectivity index (χ3n) is 3.20. The number of halogens is 1. The molecule has 1 aromatic heterocycles. The van der Waals surface area contributed by atoms with Crippen LogP contribution in [0.2, 0.25) is 0 Å². The second-order valence-electron chi connectivity index (χ2n) is 4.34. The Morgan fingerprint density at radius 3 is 2.81 bits per heavy atom. The largest absolute Gasteiger partial charge is 0.317 e. The van der Waals surface area contributed by atoms with Gasteiger partial charge in [-0.15, -0.1) is 0 Å². The maximum absolute atomic E-state index is 12.6. The van der Waals surface area contributed by atoms with E-state index in [0.29, 0.717) is 12.1 Å². The second-order valence-corrected chi connectivity index (χ2v) is 4.34. The molecule has 2 rings (SSSR count). The van der Waals surface area contributed by atoms with Crippen LogP contribution in [0, 0.1) is 5.82 Å². The van der Waals surface area contributed by atoms with Gasteiger partial charge in [-0.1, -0.05) is 0 Å². The lowest BCUT2D eigenvalue weighted by Gasteiger charge is -2.12. The molecule has 1 aliphatic carbocycles. The average Bonchev–Trinajstić information content (AvgIpc) is 2.76. The van der Waals surface area contributed by atoms with Crippen molar-refractivity contribution in [2.45, 2.75) is 37.9 Å². The van der Waals surface area contributed by atoms with Crippen LogP contribution in [-0.2, 0) is 6.54 Å². The van der Waals surface area contributed by atoms with E-state index in [2.05, 4.69) is 15.6 Å². The second kappa shape index (κ2) is 5.37. The lowest BCUT2D eigenvalue weighted by molar-refractivity contribution is 0.496. The van der Waals surface area contributed by atoms with E-state index in [1.165, 1.54) is 25.1 Å². The predicted molar refractivity (Wildman–Crippen MR) is 61.5 cm³/mol. The van der Waals surface area contributed by atoms with E-state index in [1.54, 1.807) is 6.07 Å². The van der Waals surface area contributed by atoms with Crippen molar-refractivity contribution in [2.75, 3.05) is 7.05 Å². The summed E-state index contributed by atoms with van der Waals surface area (Å²) < 4.78 is 12.6. The van der Waals surface area contributed by atoms with Crippen LogP contribution in [0.5, 0.6) is 0 Å². The van der Waals surface area contributed by atoms with E-state index in [4.69, 9.17) is 0 Å². The number of pyridine rings is 1.